The molecule has 0 rings (SSSR count). The van der Waals surface area contributed by atoms with Gasteiger partial charge in [-0.05, 0) is 19.3 Å². The molecule has 0 aliphatic heterocycles. The van der Waals surface area contributed by atoms with Crippen LogP contribution in [0.2, 0.25) is 0 Å². The van der Waals surface area contributed by atoms with Crippen molar-refractivity contribution in [1.29, 1.82) is 0 Å². The molecule has 0 saturated carbocycles. The summed E-state index contributed by atoms with van der Waals surface area (Å²) < 4.78 is 0. The van der Waals surface area contributed by atoms with E-state index in [9.17, 15) is 0 Å². The Morgan fingerprint density at radius 1 is 1.46 bits per heavy atom. The molecule has 0 aromatic rings. The van der Waals surface area contributed by atoms with E-state index in [4.69, 9.17) is 0 Å². The maximum Gasteiger partial charge on any atom is 0.0121 e. The summed E-state index contributed by atoms with van der Waals surface area (Å²) in [4.78, 5) is 0. The van der Waals surface area contributed by atoms with Crippen LogP contribution in [0.15, 0.2) is 24.4 Å². The zero-order valence-corrected chi connectivity index (χ0v) is 9.48. The first-order chi connectivity index (χ1) is 6.08. The van der Waals surface area contributed by atoms with Gasteiger partial charge in [-0.25, -0.2) is 0 Å². The van der Waals surface area contributed by atoms with E-state index in [1.807, 2.05) is 13.1 Å². The number of hydrogen-bond acceptors (Lipinski definition) is 1. The molecular formula is C12H23N. The van der Waals surface area contributed by atoms with Crippen LogP contribution in [0.3, 0.4) is 0 Å². The Morgan fingerprint density at radius 3 is 2.46 bits per heavy atom. The third-order valence-corrected chi connectivity index (χ3v) is 2.38. The van der Waals surface area contributed by atoms with Crippen molar-refractivity contribution in [3.63, 3.8) is 0 Å². The molecule has 0 aromatic carbocycles. The summed E-state index contributed by atoms with van der Waals surface area (Å²) >= 11 is 0. The Balaban J connectivity index is 4.37. The average molecular weight is 181 g/mol. The topological polar surface area (TPSA) is 12.0 Å². The lowest BCUT2D eigenvalue weighted by Crippen LogP contribution is -2.24. The Hall–Kier alpha value is -0.720. The maximum absolute atomic E-state index is 3.76. The molecule has 0 fully saturated rings. The third kappa shape index (κ3) is 4.16. The van der Waals surface area contributed by atoms with Crippen LogP contribution in [0, 0.1) is 5.41 Å². The van der Waals surface area contributed by atoms with E-state index in [0.717, 1.165) is 19.3 Å². The summed E-state index contributed by atoms with van der Waals surface area (Å²) in [5, 5.41) is 3.28. The molecule has 1 nitrogen and oxygen atoms in total. The number of hydrogen-bond donors (Lipinski definition) is 1. The molecular weight excluding hydrogens is 158 g/mol. The molecule has 0 amide bonds. The van der Waals surface area contributed by atoms with Crippen LogP contribution in [0.4, 0.5) is 0 Å². The average Bonchev–Trinajstić information content (AvgIpc) is 2.10. The van der Waals surface area contributed by atoms with Gasteiger partial charge in [0.2, 0.25) is 0 Å². The van der Waals surface area contributed by atoms with E-state index < -0.39 is 0 Å². The van der Waals surface area contributed by atoms with Crippen molar-refractivity contribution >= 4 is 0 Å². The van der Waals surface area contributed by atoms with Gasteiger partial charge in [0.15, 0.2) is 0 Å². The fourth-order valence-electron chi connectivity index (χ4n) is 1.52. The van der Waals surface area contributed by atoms with Crippen molar-refractivity contribution in [3.8, 4) is 0 Å². The van der Waals surface area contributed by atoms with Gasteiger partial charge in [-0.1, -0.05) is 32.9 Å². The van der Waals surface area contributed by atoms with E-state index in [0.29, 0.717) is 0 Å². The van der Waals surface area contributed by atoms with Crippen LogP contribution in [-0.4, -0.2) is 7.05 Å². The van der Waals surface area contributed by atoms with Crippen LogP contribution in [-0.2, 0) is 0 Å². The predicted octanol–water partition coefficient (Wildman–Crippen LogP) is 3.49. The second kappa shape index (κ2) is 5.85. The number of allylic oxidation sites excluding steroid dienone is 3. The van der Waals surface area contributed by atoms with Crippen molar-refractivity contribution < 1.29 is 0 Å². The predicted molar refractivity (Wildman–Crippen MR) is 60.6 cm³/mol. The van der Waals surface area contributed by atoms with Crippen molar-refractivity contribution in [2.24, 2.45) is 5.41 Å². The van der Waals surface area contributed by atoms with Gasteiger partial charge in [-0.2, -0.15) is 0 Å². The smallest absolute Gasteiger partial charge is 0.0121 e. The lowest BCUT2D eigenvalue weighted by molar-refractivity contribution is 0.389. The van der Waals surface area contributed by atoms with E-state index in [1.54, 1.807) is 0 Å². The van der Waals surface area contributed by atoms with Crippen molar-refractivity contribution in [2.45, 2.75) is 40.0 Å². The zero-order chi connectivity index (χ0) is 10.3. The van der Waals surface area contributed by atoms with E-state index in [2.05, 4.69) is 38.7 Å². The minimum atomic E-state index is 0.249. The summed E-state index contributed by atoms with van der Waals surface area (Å²) in [5.74, 6) is 0. The van der Waals surface area contributed by atoms with Gasteiger partial charge >= 0.3 is 0 Å². The SMILES string of the molecule is C=CCCC(C)(C)/C(=C\CC)NC. The van der Waals surface area contributed by atoms with Gasteiger partial charge in [0.25, 0.3) is 0 Å². The van der Waals surface area contributed by atoms with E-state index >= 15 is 0 Å². The minimum Gasteiger partial charge on any atom is -0.391 e. The van der Waals surface area contributed by atoms with E-state index in [-0.39, 0.29) is 5.41 Å². The largest absolute Gasteiger partial charge is 0.391 e. The van der Waals surface area contributed by atoms with Crippen molar-refractivity contribution in [1.82, 2.24) is 5.32 Å². The highest BCUT2D eigenvalue weighted by atomic mass is 14.8. The molecule has 0 aromatic heterocycles. The Bertz CT molecular complexity index is 178. The summed E-state index contributed by atoms with van der Waals surface area (Å²) in [6, 6.07) is 0. The quantitative estimate of drug-likeness (QED) is 0.618. The fraction of sp³-hybridized carbons (Fsp3) is 0.667. The van der Waals surface area contributed by atoms with Gasteiger partial charge in [-0.3, -0.25) is 0 Å². The maximum atomic E-state index is 3.76. The van der Waals surface area contributed by atoms with Crippen LogP contribution >= 0.6 is 0 Å². The fourth-order valence-corrected chi connectivity index (χ4v) is 1.52. The molecule has 0 aliphatic carbocycles. The van der Waals surface area contributed by atoms with Gasteiger partial charge in [0.1, 0.15) is 0 Å². The van der Waals surface area contributed by atoms with Crippen LogP contribution in [0.25, 0.3) is 0 Å². The molecule has 13 heavy (non-hydrogen) atoms. The second-order valence-corrected chi connectivity index (χ2v) is 3.99. The van der Waals surface area contributed by atoms with Crippen LogP contribution in [0.1, 0.15) is 40.0 Å². The lowest BCUT2D eigenvalue weighted by atomic mass is 9.83. The molecule has 1 N–H and O–H groups in total. The number of nitrogens with one attached hydrogen (secondary N) is 1. The van der Waals surface area contributed by atoms with Crippen molar-refractivity contribution in [3.05, 3.63) is 24.4 Å². The molecule has 76 valence electrons. The molecule has 0 heterocycles. The Kier molecular flexibility index (Phi) is 5.52. The molecule has 0 atom stereocenters. The monoisotopic (exact) mass is 181 g/mol. The second-order valence-electron chi connectivity index (χ2n) is 3.99. The highest BCUT2D eigenvalue weighted by molar-refractivity contribution is 5.09. The lowest BCUT2D eigenvalue weighted by Gasteiger charge is -2.27. The summed E-state index contributed by atoms with van der Waals surface area (Å²) in [7, 11) is 2.00. The van der Waals surface area contributed by atoms with Gasteiger partial charge in [0.05, 0.1) is 0 Å². The Labute approximate surface area is 82.9 Å². The molecule has 1 heteroatoms. The number of rotatable bonds is 6. The van der Waals surface area contributed by atoms with Gasteiger partial charge in [0, 0.05) is 18.2 Å². The molecule has 0 radical (unpaired) electrons. The highest BCUT2D eigenvalue weighted by Crippen LogP contribution is 2.29. The molecule has 0 bridgehead atoms. The minimum absolute atomic E-state index is 0.249. The van der Waals surface area contributed by atoms with Crippen LogP contribution in [0.5, 0.6) is 0 Å². The zero-order valence-electron chi connectivity index (χ0n) is 9.48. The highest BCUT2D eigenvalue weighted by Gasteiger charge is 2.20. The third-order valence-electron chi connectivity index (χ3n) is 2.38. The van der Waals surface area contributed by atoms with E-state index in [1.165, 1.54) is 5.70 Å². The molecule has 0 spiro atoms. The summed E-state index contributed by atoms with van der Waals surface area (Å²) in [6.07, 6.45) is 7.58. The molecule has 0 saturated heterocycles. The first-order valence-corrected chi connectivity index (χ1v) is 5.07. The first-order valence-electron chi connectivity index (χ1n) is 5.07. The first kappa shape index (κ1) is 12.3. The summed E-state index contributed by atoms with van der Waals surface area (Å²) in [5.41, 5.74) is 1.59. The summed E-state index contributed by atoms with van der Waals surface area (Å²) in [6.45, 7) is 10.5. The van der Waals surface area contributed by atoms with Gasteiger partial charge in [-0.15, -0.1) is 6.58 Å². The van der Waals surface area contributed by atoms with Crippen LogP contribution < -0.4 is 5.32 Å². The molecule has 0 aliphatic rings. The van der Waals surface area contributed by atoms with Gasteiger partial charge < -0.3 is 5.32 Å². The Morgan fingerprint density at radius 2 is 2.08 bits per heavy atom. The molecule has 0 unspecified atom stereocenters. The normalized spacial score (nSPS) is 12.8. The van der Waals surface area contributed by atoms with Crippen molar-refractivity contribution in [2.75, 3.05) is 7.05 Å². The standard InChI is InChI=1S/C12H23N/c1-6-8-10-12(3,4)11(13-5)9-7-2/h6,9,13H,1,7-8,10H2,2-5H3/b11-9+.